The van der Waals surface area contributed by atoms with Gasteiger partial charge in [-0.25, -0.2) is 0 Å². The minimum atomic E-state index is -0.813. The van der Waals surface area contributed by atoms with E-state index >= 15 is 0 Å². The monoisotopic (exact) mass is 167 g/mol. The largest absolute Gasteiger partial charge is 0.389 e. The molecule has 12 heavy (non-hydrogen) atoms. The van der Waals surface area contributed by atoms with Crippen LogP contribution in [-0.2, 0) is 0 Å². The lowest BCUT2D eigenvalue weighted by molar-refractivity contribution is 0.0568. The molecule has 1 N–H and O–H groups in total. The molecule has 0 aromatic heterocycles. The molecule has 0 heterocycles. The minimum Gasteiger partial charge on any atom is -0.389 e. The van der Waals surface area contributed by atoms with Crippen molar-refractivity contribution in [2.24, 2.45) is 0 Å². The summed E-state index contributed by atoms with van der Waals surface area (Å²) in [6.07, 6.45) is 6.88. The van der Waals surface area contributed by atoms with Gasteiger partial charge in [-0.05, 0) is 26.2 Å². The molecule has 0 aromatic carbocycles. The van der Waals surface area contributed by atoms with E-state index in [1.807, 2.05) is 12.1 Å². The summed E-state index contributed by atoms with van der Waals surface area (Å²) in [4.78, 5) is 0. The Kier molecular flexibility index (Phi) is 5.40. The maximum atomic E-state index is 9.56. The van der Waals surface area contributed by atoms with Gasteiger partial charge in [-0.1, -0.05) is 19.1 Å². The van der Waals surface area contributed by atoms with Crippen LogP contribution in [0.1, 0.15) is 39.5 Å². The molecule has 0 amide bonds. The summed E-state index contributed by atoms with van der Waals surface area (Å²) in [5, 5.41) is 17.9. The number of nitriles is 1. The zero-order valence-electron chi connectivity index (χ0n) is 7.88. The van der Waals surface area contributed by atoms with Crippen molar-refractivity contribution in [1.82, 2.24) is 0 Å². The highest BCUT2D eigenvalue weighted by Crippen LogP contribution is 2.15. The lowest BCUT2D eigenvalue weighted by atomic mass is 9.97. The molecule has 0 aliphatic heterocycles. The van der Waals surface area contributed by atoms with Crippen LogP contribution in [0.15, 0.2) is 12.2 Å². The number of hydrogen-bond donors (Lipinski definition) is 1. The van der Waals surface area contributed by atoms with E-state index in [1.165, 1.54) is 0 Å². The molecule has 2 nitrogen and oxygen atoms in total. The maximum absolute atomic E-state index is 9.56. The maximum Gasteiger partial charge on any atom is 0.0752 e. The van der Waals surface area contributed by atoms with Crippen LogP contribution in [0, 0.1) is 11.3 Å². The van der Waals surface area contributed by atoms with Gasteiger partial charge in [-0.2, -0.15) is 5.26 Å². The van der Waals surface area contributed by atoms with Crippen LogP contribution in [0.2, 0.25) is 0 Å². The van der Waals surface area contributed by atoms with Gasteiger partial charge in [0.15, 0.2) is 0 Å². The van der Waals surface area contributed by atoms with Crippen LogP contribution in [0.25, 0.3) is 0 Å². The van der Waals surface area contributed by atoms with Crippen LogP contribution >= 0.6 is 0 Å². The zero-order chi connectivity index (χ0) is 9.45. The van der Waals surface area contributed by atoms with Crippen molar-refractivity contribution in [3.05, 3.63) is 12.2 Å². The highest BCUT2D eigenvalue weighted by Gasteiger charge is 2.17. The molecule has 0 spiro atoms. The smallest absolute Gasteiger partial charge is 0.0752 e. The topological polar surface area (TPSA) is 44.0 Å². The molecular formula is C10H17NO. The van der Waals surface area contributed by atoms with Gasteiger partial charge < -0.3 is 5.11 Å². The second kappa shape index (κ2) is 5.79. The Morgan fingerprint density at radius 2 is 2.17 bits per heavy atom. The Balaban J connectivity index is 3.62. The third-order valence-corrected chi connectivity index (χ3v) is 1.71. The summed E-state index contributed by atoms with van der Waals surface area (Å²) >= 11 is 0. The summed E-state index contributed by atoms with van der Waals surface area (Å²) in [6.45, 7) is 3.78. The van der Waals surface area contributed by atoms with Crippen molar-refractivity contribution in [1.29, 1.82) is 5.26 Å². The first kappa shape index (κ1) is 11.2. The average molecular weight is 167 g/mol. The predicted molar refractivity (Wildman–Crippen MR) is 49.5 cm³/mol. The zero-order valence-corrected chi connectivity index (χ0v) is 7.88. The second-order valence-electron chi connectivity index (χ2n) is 3.25. The molecule has 0 saturated carbocycles. The van der Waals surface area contributed by atoms with E-state index in [0.717, 1.165) is 12.8 Å². The SMILES string of the molecule is CC/C=C/CCC(C)(O)CC#N. The third-order valence-electron chi connectivity index (χ3n) is 1.71. The third kappa shape index (κ3) is 5.94. The number of allylic oxidation sites excluding steroid dienone is 2. The fourth-order valence-electron chi connectivity index (χ4n) is 0.938. The fourth-order valence-corrected chi connectivity index (χ4v) is 0.938. The summed E-state index contributed by atoms with van der Waals surface area (Å²) in [7, 11) is 0. The number of aliphatic hydroxyl groups is 1. The summed E-state index contributed by atoms with van der Waals surface area (Å²) in [5.41, 5.74) is -0.813. The van der Waals surface area contributed by atoms with Crippen molar-refractivity contribution in [2.45, 2.75) is 45.1 Å². The molecule has 0 bridgehead atoms. The van der Waals surface area contributed by atoms with Crippen molar-refractivity contribution in [2.75, 3.05) is 0 Å². The van der Waals surface area contributed by atoms with Crippen molar-refractivity contribution in [3.8, 4) is 6.07 Å². The number of rotatable bonds is 5. The molecule has 0 saturated heterocycles. The van der Waals surface area contributed by atoms with Gasteiger partial charge in [-0.15, -0.1) is 0 Å². The van der Waals surface area contributed by atoms with Gasteiger partial charge in [0.2, 0.25) is 0 Å². The van der Waals surface area contributed by atoms with Crippen molar-refractivity contribution < 1.29 is 5.11 Å². The predicted octanol–water partition coefficient (Wildman–Crippen LogP) is 2.40. The molecule has 0 fully saturated rings. The van der Waals surface area contributed by atoms with E-state index < -0.39 is 5.60 Å². The van der Waals surface area contributed by atoms with Gasteiger partial charge in [0, 0.05) is 0 Å². The highest BCUT2D eigenvalue weighted by molar-refractivity contribution is 4.89. The normalized spacial score (nSPS) is 15.8. The van der Waals surface area contributed by atoms with Gasteiger partial charge in [0.05, 0.1) is 18.1 Å². The van der Waals surface area contributed by atoms with Crippen LogP contribution in [0.5, 0.6) is 0 Å². The summed E-state index contributed by atoms with van der Waals surface area (Å²) < 4.78 is 0. The van der Waals surface area contributed by atoms with Gasteiger partial charge in [0.1, 0.15) is 0 Å². The molecule has 0 radical (unpaired) electrons. The van der Waals surface area contributed by atoms with Crippen LogP contribution in [-0.4, -0.2) is 10.7 Å². The molecule has 0 rings (SSSR count). The van der Waals surface area contributed by atoms with Crippen LogP contribution in [0.4, 0.5) is 0 Å². The van der Waals surface area contributed by atoms with Gasteiger partial charge in [0.25, 0.3) is 0 Å². The Morgan fingerprint density at radius 1 is 1.50 bits per heavy atom. The van der Waals surface area contributed by atoms with Gasteiger partial charge >= 0.3 is 0 Å². The standard InChI is InChI=1S/C10H17NO/c1-3-4-5-6-7-10(2,12)8-9-11/h4-5,12H,3,6-8H2,1-2H3/b5-4+. The molecule has 0 aromatic rings. The first-order valence-corrected chi connectivity index (χ1v) is 4.36. The fraction of sp³-hybridized carbons (Fsp3) is 0.700. The molecule has 0 aliphatic rings. The molecular weight excluding hydrogens is 150 g/mol. The van der Waals surface area contributed by atoms with E-state index in [0.29, 0.717) is 6.42 Å². The Hall–Kier alpha value is -0.810. The van der Waals surface area contributed by atoms with Crippen LogP contribution in [0.3, 0.4) is 0 Å². The molecule has 1 unspecified atom stereocenters. The Labute approximate surface area is 74.5 Å². The van der Waals surface area contributed by atoms with E-state index in [-0.39, 0.29) is 6.42 Å². The molecule has 2 heteroatoms. The average Bonchev–Trinajstić information content (AvgIpc) is 1.98. The first-order chi connectivity index (χ1) is 5.62. The van der Waals surface area contributed by atoms with E-state index in [9.17, 15) is 5.11 Å². The second-order valence-corrected chi connectivity index (χ2v) is 3.25. The Morgan fingerprint density at radius 3 is 2.67 bits per heavy atom. The minimum absolute atomic E-state index is 0.215. The molecule has 68 valence electrons. The summed E-state index contributed by atoms with van der Waals surface area (Å²) in [5.74, 6) is 0. The van der Waals surface area contributed by atoms with Gasteiger partial charge in [-0.3, -0.25) is 0 Å². The number of hydrogen-bond acceptors (Lipinski definition) is 2. The Bertz CT molecular complexity index is 177. The van der Waals surface area contributed by atoms with E-state index in [1.54, 1.807) is 6.92 Å². The van der Waals surface area contributed by atoms with Crippen LogP contribution < -0.4 is 0 Å². The van der Waals surface area contributed by atoms with E-state index in [4.69, 9.17) is 5.26 Å². The summed E-state index contributed by atoms with van der Waals surface area (Å²) in [6, 6.07) is 1.97. The molecule has 1 atom stereocenters. The lowest BCUT2D eigenvalue weighted by Crippen LogP contribution is -2.22. The number of nitrogens with zero attached hydrogens (tertiary/aromatic N) is 1. The quantitative estimate of drug-likeness (QED) is 0.639. The van der Waals surface area contributed by atoms with Crippen molar-refractivity contribution in [3.63, 3.8) is 0 Å². The lowest BCUT2D eigenvalue weighted by Gasteiger charge is -2.18. The van der Waals surface area contributed by atoms with Crippen molar-refractivity contribution >= 4 is 0 Å². The highest BCUT2D eigenvalue weighted by atomic mass is 16.3. The molecule has 0 aliphatic carbocycles. The van der Waals surface area contributed by atoms with E-state index in [2.05, 4.69) is 13.0 Å². The first-order valence-electron chi connectivity index (χ1n) is 4.36.